The number of nitrogens with one attached hydrogen (secondary N) is 1. The van der Waals surface area contributed by atoms with Crippen molar-refractivity contribution in [2.24, 2.45) is 0 Å². The topological polar surface area (TPSA) is 15.3 Å². The maximum Gasteiger partial charge on any atom is 0.137 e. The van der Waals surface area contributed by atoms with Crippen molar-refractivity contribution in [3.8, 4) is 0 Å². The van der Waals surface area contributed by atoms with Gasteiger partial charge in [0.1, 0.15) is 5.82 Å². The third-order valence-electron chi connectivity index (χ3n) is 3.33. The zero-order valence-corrected chi connectivity index (χ0v) is 12.0. The Hall–Kier alpha value is -1.55. The molecular formula is C15H14BrFN2. The molecule has 0 spiro atoms. The maximum absolute atomic E-state index is 13.6. The molecule has 1 aliphatic heterocycles. The van der Waals surface area contributed by atoms with Crippen molar-refractivity contribution < 1.29 is 4.39 Å². The van der Waals surface area contributed by atoms with Crippen LogP contribution in [-0.2, 0) is 6.54 Å². The van der Waals surface area contributed by atoms with Crippen molar-refractivity contribution in [1.29, 1.82) is 0 Å². The molecule has 2 aromatic carbocycles. The van der Waals surface area contributed by atoms with Crippen molar-refractivity contribution in [3.05, 3.63) is 58.3 Å². The van der Waals surface area contributed by atoms with Crippen LogP contribution in [0.2, 0.25) is 0 Å². The number of benzene rings is 2. The van der Waals surface area contributed by atoms with Gasteiger partial charge >= 0.3 is 0 Å². The second-order valence-corrected chi connectivity index (χ2v) is 5.37. The standard InChI is InChI=1S/C15H14BrFN2/c16-15-11(4-3-5-12(15)17)10-19-9-8-18-13-6-1-2-7-14(13)19/h1-7,18H,8-10H2. The van der Waals surface area contributed by atoms with Crippen molar-refractivity contribution in [1.82, 2.24) is 0 Å². The molecule has 98 valence electrons. The molecule has 0 amide bonds. The smallest absolute Gasteiger partial charge is 0.137 e. The largest absolute Gasteiger partial charge is 0.382 e. The van der Waals surface area contributed by atoms with E-state index in [1.165, 1.54) is 11.8 Å². The third-order valence-corrected chi connectivity index (χ3v) is 4.22. The fourth-order valence-electron chi connectivity index (χ4n) is 2.39. The Labute approximate surface area is 120 Å². The number of anilines is 2. The normalized spacial score (nSPS) is 13.9. The Morgan fingerprint density at radius 3 is 2.89 bits per heavy atom. The number of hydrogen-bond acceptors (Lipinski definition) is 2. The Balaban J connectivity index is 1.91. The van der Waals surface area contributed by atoms with E-state index < -0.39 is 0 Å². The third kappa shape index (κ3) is 2.45. The predicted octanol–water partition coefficient (Wildman–Crippen LogP) is 4.02. The lowest BCUT2D eigenvalue weighted by Crippen LogP contribution is -2.33. The Kier molecular flexibility index (Phi) is 3.42. The first-order chi connectivity index (χ1) is 9.25. The monoisotopic (exact) mass is 320 g/mol. The number of halogens is 2. The Morgan fingerprint density at radius 2 is 2.00 bits per heavy atom. The van der Waals surface area contributed by atoms with Gasteiger partial charge in [0.2, 0.25) is 0 Å². The fraction of sp³-hybridized carbons (Fsp3) is 0.200. The first-order valence-electron chi connectivity index (χ1n) is 6.26. The molecule has 0 unspecified atom stereocenters. The molecular weight excluding hydrogens is 307 g/mol. The van der Waals surface area contributed by atoms with Gasteiger partial charge in [0.15, 0.2) is 0 Å². The lowest BCUT2D eigenvalue weighted by molar-refractivity contribution is 0.617. The van der Waals surface area contributed by atoms with Crippen molar-refractivity contribution in [3.63, 3.8) is 0 Å². The highest BCUT2D eigenvalue weighted by atomic mass is 79.9. The molecule has 0 aliphatic carbocycles. The van der Waals surface area contributed by atoms with Gasteiger partial charge in [0.25, 0.3) is 0 Å². The quantitative estimate of drug-likeness (QED) is 0.899. The van der Waals surface area contributed by atoms with E-state index >= 15 is 0 Å². The second kappa shape index (κ2) is 5.21. The van der Waals surface area contributed by atoms with E-state index in [2.05, 4.69) is 38.3 Å². The molecule has 0 saturated carbocycles. The van der Waals surface area contributed by atoms with Crippen LogP contribution in [0.4, 0.5) is 15.8 Å². The van der Waals surface area contributed by atoms with Gasteiger partial charge < -0.3 is 10.2 Å². The summed E-state index contributed by atoms with van der Waals surface area (Å²) >= 11 is 3.33. The Morgan fingerprint density at radius 1 is 1.16 bits per heavy atom. The summed E-state index contributed by atoms with van der Waals surface area (Å²) in [5.74, 6) is -0.207. The minimum absolute atomic E-state index is 0.207. The van der Waals surface area contributed by atoms with E-state index in [9.17, 15) is 4.39 Å². The van der Waals surface area contributed by atoms with Crippen molar-refractivity contribution in [2.45, 2.75) is 6.54 Å². The van der Waals surface area contributed by atoms with Crippen LogP contribution in [0.3, 0.4) is 0 Å². The van der Waals surface area contributed by atoms with E-state index in [4.69, 9.17) is 0 Å². The number of nitrogens with zero attached hydrogens (tertiary/aromatic N) is 1. The summed E-state index contributed by atoms with van der Waals surface area (Å²) < 4.78 is 14.1. The minimum atomic E-state index is -0.207. The summed E-state index contributed by atoms with van der Waals surface area (Å²) in [5, 5.41) is 3.38. The zero-order valence-electron chi connectivity index (χ0n) is 10.4. The van der Waals surface area contributed by atoms with E-state index in [0.29, 0.717) is 11.0 Å². The second-order valence-electron chi connectivity index (χ2n) is 4.58. The Bertz CT molecular complexity index is 600. The summed E-state index contributed by atoms with van der Waals surface area (Å²) in [6, 6.07) is 13.4. The fourth-order valence-corrected chi connectivity index (χ4v) is 2.78. The van der Waals surface area contributed by atoms with E-state index in [1.807, 2.05) is 18.2 Å². The lowest BCUT2D eigenvalue weighted by atomic mass is 10.1. The van der Waals surface area contributed by atoms with Crippen LogP contribution in [-0.4, -0.2) is 13.1 Å². The molecule has 0 bridgehead atoms. The van der Waals surface area contributed by atoms with Crippen LogP contribution < -0.4 is 10.2 Å². The lowest BCUT2D eigenvalue weighted by Gasteiger charge is -2.32. The van der Waals surface area contributed by atoms with Gasteiger partial charge in [-0.25, -0.2) is 4.39 Å². The van der Waals surface area contributed by atoms with Gasteiger partial charge in [-0.15, -0.1) is 0 Å². The molecule has 1 aliphatic rings. The van der Waals surface area contributed by atoms with Gasteiger partial charge in [-0.2, -0.15) is 0 Å². The van der Waals surface area contributed by atoms with Crippen LogP contribution in [0, 0.1) is 5.82 Å². The molecule has 0 aromatic heterocycles. The first-order valence-corrected chi connectivity index (χ1v) is 7.06. The molecule has 4 heteroatoms. The number of hydrogen-bond donors (Lipinski definition) is 1. The van der Waals surface area contributed by atoms with Crippen LogP contribution in [0.5, 0.6) is 0 Å². The highest BCUT2D eigenvalue weighted by molar-refractivity contribution is 9.10. The van der Waals surface area contributed by atoms with Crippen LogP contribution in [0.25, 0.3) is 0 Å². The number of fused-ring (bicyclic) bond motifs is 1. The van der Waals surface area contributed by atoms with Gasteiger partial charge in [-0.1, -0.05) is 24.3 Å². The van der Waals surface area contributed by atoms with Gasteiger partial charge in [0, 0.05) is 19.6 Å². The summed E-state index contributed by atoms with van der Waals surface area (Å²) in [5.41, 5.74) is 3.28. The summed E-state index contributed by atoms with van der Waals surface area (Å²) in [4.78, 5) is 2.27. The molecule has 0 radical (unpaired) electrons. The van der Waals surface area contributed by atoms with E-state index in [1.54, 1.807) is 6.07 Å². The van der Waals surface area contributed by atoms with Crippen LogP contribution in [0.1, 0.15) is 5.56 Å². The molecule has 1 heterocycles. The minimum Gasteiger partial charge on any atom is -0.382 e. The predicted molar refractivity (Wildman–Crippen MR) is 80.1 cm³/mol. The molecule has 2 nitrogen and oxygen atoms in total. The van der Waals surface area contributed by atoms with Crippen LogP contribution in [0.15, 0.2) is 46.9 Å². The molecule has 19 heavy (non-hydrogen) atoms. The van der Waals surface area contributed by atoms with Gasteiger partial charge in [-0.05, 0) is 39.7 Å². The average Bonchev–Trinajstić information content (AvgIpc) is 2.44. The van der Waals surface area contributed by atoms with Crippen molar-refractivity contribution in [2.75, 3.05) is 23.3 Å². The molecule has 1 N–H and O–H groups in total. The average molecular weight is 321 g/mol. The summed E-state index contributed by atoms with van der Waals surface area (Å²) in [7, 11) is 0. The van der Waals surface area contributed by atoms with Crippen molar-refractivity contribution >= 4 is 27.3 Å². The maximum atomic E-state index is 13.6. The number of para-hydroxylation sites is 2. The van der Waals surface area contributed by atoms with Gasteiger partial charge in [0.05, 0.1) is 15.8 Å². The van der Waals surface area contributed by atoms with E-state index in [0.717, 1.165) is 24.3 Å². The SMILES string of the molecule is Fc1cccc(CN2CCNc3ccccc32)c1Br. The van der Waals surface area contributed by atoms with E-state index in [-0.39, 0.29) is 5.82 Å². The van der Waals surface area contributed by atoms with Gasteiger partial charge in [-0.3, -0.25) is 0 Å². The summed E-state index contributed by atoms with van der Waals surface area (Å²) in [6.45, 7) is 2.53. The molecule has 3 rings (SSSR count). The zero-order chi connectivity index (χ0) is 13.2. The molecule has 2 aromatic rings. The highest BCUT2D eigenvalue weighted by Gasteiger charge is 2.17. The first kappa shape index (κ1) is 12.5. The number of rotatable bonds is 2. The molecule has 0 fully saturated rings. The summed E-state index contributed by atoms with van der Waals surface area (Å²) in [6.07, 6.45) is 0. The van der Waals surface area contributed by atoms with Crippen LogP contribution >= 0.6 is 15.9 Å². The molecule has 0 atom stereocenters. The highest BCUT2D eigenvalue weighted by Crippen LogP contribution is 2.31. The molecule has 0 saturated heterocycles.